The van der Waals surface area contributed by atoms with Gasteiger partial charge in [0.25, 0.3) is 0 Å². The van der Waals surface area contributed by atoms with Gasteiger partial charge in [0, 0.05) is 11.9 Å². The Labute approximate surface area is 55.6 Å². The van der Waals surface area contributed by atoms with Crippen LogP contribution in [0, 0.1) is 5.41 Å². The summed E-state index contributed by atoms with van der Waals surface area (Å²) in [5.74, 6) is 0. The van der Waals surface area contributed by atoms with E-state index in [2.05, 4.69) is 0 Å². The molecule has 50 valence electrons. The molecule has 0 amide bonds. The van der Waals surface area contributed by atoms with Gasteiger partial charge in [0.15, 0.2) is 0 Å². The predicted molar refractivity (Wildman–Crippen MR) is 40.5 cm³/mol. The van der Waals surface area contributed by atoms with Crippen LogP contribution in [0.1, 0.15) is 13.8 Å². The molecule has 0 spiro atoms. The van der Waals surface area contributed by atoms with Crippen LogP contribution in [-0.2, 0) is 0 Å². The zero-order valence-electron chi connectivity index (χ0n) is 5.81. The normalized spacial score (nSPS) is 10.7. The largest absolute Gasteiger partial charge is 0.398 e. The minimum Gasteiger partial charge on any atom is -0.398 e. The summed E-state index contributed by atoms with van der Waals surface area (Å²) in [6, 6.07) is 0. The monoisotopic (exact) mass is 124 g/mol. The van der Waals surface area contributed by atoms with Gasteiger partial charge in [-0.3, -0.25) is 0 Å². The van der Waals surface area contributed by atoms with Gasteiger partial charge in [0.2, 0.25) is 0 Å². The molecule has 0 saturated heterocycles. The Bertz CT molecular complexity index is 150. The zero-order chi connectivity index (χ0) is 7.28. The van der Waals surface area contributed by atoms with Crippen LogP contribution < -0.4 is 5.73 Å². The van der Waals surface area contributed by atoms with Crippen molar-refractivity contribution in [2.75, 3.05) is 0 Å². The highest BCUT2D eigenvalue weighted by Gasteiger charge is 1.76. The molecule has 9 heavy (non-hydrogen) atoms. The van der Waals surface area contributed by atoms with E-state index in [4.69, 9.17) is 11.1 Å². The number of rotatable bonds is 2. The van der Waals surface area contributed by atoms with Crippen molar-refractivity contribution in [3.8, 4) is 0 Å². The van der Waals surface area contributed by atoms with E-state index >= 15 is 0 Å². The maximum Gasteiger partial charge on any atom is 0.0492 e. The second-order valence-corrected chi connectivity index (χ2v) is 2.06. The fraction of sp³-hybridized carbons (Fsp3) is 0.286. The molecule has 0 saturated carbocycles. The van der Waals surface area contributed by atoms with Gasteiger partial charge in [-0.1, -0.05) is 11.6 Å². The van der Waals surface area contributed by atoms with Crippen LogP contribution in [-0.4, -0.2) is 6.21 Å². The van der Waals surface area contributed by atoms with E-state index in [1.807, 2.05) is 19.9 Å². The smallest absolute Gasteiger partial charge is 0.0492 e. The first-order valence-electron chi connectivity index (χ1n) is 2.78. The van der Waals surface area contributed by atoms with E-state index in [1.54, 1.807) is 6.08 Å². The Balaban J connectivity index is 3.98. The summed E-state index contributed by atoms with van der Waals surface area (Å²) >= 11 is 0. The van der Waals surface area contributed by atoms with Crippen molar-refractivity contribution in [1.29, 1.82) is 5.41 Å². The summed E-state index contributed by atoms with van der Waals surface area (Å²) in [5, 5.41) is 6.71. The van der Waals surface area contributed by atoms with Crippen molar-refractivity contribution in [3.63, 3.8) is 0 Å². The fourth-order valence-corrected chi connectivity index (χ4v) is 0.311. The Morgan fingerprint density at radius 2 is 1.89 bits per heavy atom. The first kappa shape index (κ1) is 7.95. The molecule has 0 radical (unpaired) electrons. The highest BCUT2D eigenvalue weighted by atomic mass is 14.6. The molecule has 0 aliphatic carbocycles. The van der Waals surface area contributed by atoms with Gasteiger partial charge in [-0.25, -0.2) is 0 Å². The number of nitrogens with two attached hydrogens (primary N) is 1. The molecule has 0 aliphatic heterocycles. The van der Waals surface area contributed by atoms with Crippen LogP contribution in [0.3, 0.4) is 0 Å². The molecule has 0 aromatic heterocycles. The molecule has 0 aliphatic rings. The fourth-order valence-electron chi connectivity index (χ4n) is 0.311. The summed E-state index contributed by atoms with van der Waals surface area (Å²) in [7, 11) is 0. The lowest BCUT2D eigenvalue weighted by molar-refractivity contribution is 1.37. The summed E-state index contributed by atoms with van der Waals surface area (Å²) < 4.78 is 0. The molecule has 0 bridgehead atoms. The number of hydrogen-bond donors (Lipinski definition) is 2. The van der Waals surface area contributed by atoms with Crippen LogP contribution in [0.25, 0.3) is 0 Å². The SMILES string of the molecule is CC(C)=C/C=C(/N)C=N. The summed E-state index contributed by atoms with van der Waals surface area (Å²) in [4.78, 5) is 0. The second-order valence-electron chi connectivity index (χ2n) is 2.06. The van der Waals surface area contributed by atoms with Crippen molar-refractivity contribution in [1.82, 2.24) is 0 Å². The van der Waals surface area contributed by atoms with E-state index < -0.39 is 0 Å². The predicted octanol–water partition coefficient (Wildman–Crippen LogP) is 1.44. The van der Waals surface area contributed by atoms with Crippen LogP contribution in [0.5, 0.6) is 0 Å². The number of allylic oxidation sites excluding steroid dienone is 4. The lowest BCUT2D eigenvalue weighted by atomic mass is 10.3. The van der Waals surface area contributed by atoms with Crippen LogP contribution in [0.2, 0.25) is 0 Å². The third-order valence-corrected chi connectivity index (χ3v) is 0.776. The van der Waals surface area contributed by atoms with E-state index in [0.717, 1.165) is 6.21 Å². The van der Waals surface area contributed by atoms with E-state index in [1.165, 1.54) is 5.57 Å². The van der Waals surface area contributed by atoms with Crippen LogP contribution in [0.15, 0.2) is 23.4 Å². The van der Waals surface area contributed by atoms with Crippen molar-refractivity contribution in [3.05, 3.63) is 23.4 Å². The van der Waals surface area contributed by atoms with Gasteiger partial charge in [-0.2, -0.15) is 0 Å². The van der Waals surface area contributed by atoms with Gasteiger partial charge in [0.1, 0.15) is 0 Å². The van der Waals surface area contributed by atoms with Crippen molar-refractivity contribution >= 4 is 6.21 Å². The summed E-state index contributed by atoms with van der Waals surface area (Å²) in [6.07, 6.45) is 4.71. The molecule has 0 rings (SSSR count). The molecule has 0 fully saturated rings. The van der Waals surface area contributed by atoms with Gasteiger partial charge >= 0.3 is 0 Å². The summed E-state index contributed by atoms with van der Waals surface area (Å²) in [5.41, 5.74) is 6.96. The average molecular weight is 124 g/mol. The molecule has 0 unspecified atom stereocenters. The van der Waals surface area contributed by atoms with E-state index in [-0.39, 0.29) is 0 Å². The Kier molecular flexibility index (Phi) is 3.44. The zero-order valence-corrected chi connectivity index (χ0v) is 5.81. The maximum atomic E-state index is 6.71. The van der Waals surface area contributed by atoms with Crippen LogP contribution in [0.4, 0.5) is 0 Å². The lowest BCUT2D eigenvalue weighted by Gasteiger charge is -1.85. The minimum atomic E-state index is 0.483. The second kappa shape index (κ2) is 3.89. The third-order valence-electron chi connectivity index (χ3n) is 0.776. The molecule has 3 N–H and O–H groups in total. The molecule has 0 heterocycles. The first-order chi connectivity index (χ1) is 4.16. The maximum absolute atomic E-state index is 6.71. The Hall–Kier alpha value is -1.05. The van der Waals surface area contributed by atoms with Gasteiger partial charge < -0.3 is 11.1 Å². The highest BCUT2D eigenvalue weighted by molar-refractivity contribution is 5.74. The van der Waals surface area contributed by atoms with E-state index in [9.17, 15) is 0 Å². The quantitative estimate of drug-likeness (QED) is 0.424. The van der Waals surface area contributed by atoms with Crippen molar-refractivity contribution in [2.45, 2.75) is 13.8 Å². The Morgan fingerprint density at radius 3 is 2.22 bits per heavy atom. The van der Waals surface area contributed by atoms with Crippen molar-refractivity contribution < 1.29 is 0 Å². The molecular formula is C7H12N2. The lowest BCUT2D eigenvalue weighted by Crippen LogP contribution is -1.95. The average Bonchev–Trinajstić information content (AvgIpc) is 1.83. The summed E-state index contributed by atoms with van der Waals surface area (Å²) in [6.45, 7) is 3.96. The van der Waals surface area contributed by atoms with Gasteiger partial charge in [0.05, 0.1) is 0 Å². The highest BCUT2D eigenvalue weighted by Crippen LogP contribution is 1.89. The molecule has 0 atom stereocenters. The molecule has 0 aromatic rings. The van der Waals surface area contributed by atoms with Crippen molar-refractivity contribution in [2.24, 2.45) is 5.73 Å². The minimum absolute atomic E-state index is 0.483. The number of hydrogen-bond acceptors (Lipinski definition) is 2. The third kappa shape index (κ3) is 4.81. The van der Waals surface area contributed by atoms with Gasteiger partial charge in [-0.05, 0) is 19.9 Å². The van der Waals surface area contributed by atoms with E-state index in [0.29, 0.717) is 5.70 Å². The topological polar surface area (TPSA) is 49.9 Å². The number of nitrogens with one attached hydrogen (secondary N) is 1. The Morgan fingerprint density at radius 1 is 1.33 bits per heavy atom. The molecule has 0 aromatic carbocycles. The first-order valence-corrected chi connectivity index (χ1v) is 2.78. The standard InChI is InChI=1S/C7H12N2/c1-6(2)3-4-7(9)5-8/h3-5,8H,9H2,1-2H3/b7-4+,8-5?. The molecule has 2 nitrogen and oxygen atoms in total. The molecule has 2 heteroatoms. The van der Waals surface area contributed by atoms with Gasteiger partial charge in [-0.15, -0.1) is 0 Å². The van der Waals surface area contributed by atoms with Crippen LogP contribution >= 0.6 is 0 Å². The molecular weight excluding hydrogens is 112 g/mol.